The lowest BCUT2D eigenvalue weighted by Gasteiger charge is -2.25. The van der Waals surface area contributed by atoms with E-state index in [1.165, 1.54) is 0 Å². The summed E-state index contributed by atoms with van der Waals surface area (Å²) in [5, 5.41) is 14.1. The van der Waals surface area contributed by atoms with Gasteiger partial charge in [-0.3, -0.25) is 10.1 Å². The third-order valence-corrected chi connectivity index (χ3v) is 3.15. The van der Waals surface area contributed by atoms with Gasteiger partial charge in [0, 0.05) is 25.3 Å². The second-order valence-electron chi connectivity index (χ2n) is 4.71. The lowest BCUT2D eigenvalue weighted by molar-refractivity contribution is -0.385. The second kappa shape index (κ2) is 6.26. The highest BCUT2D eigenvalue weighted by Crippen LogP contribution is 2.25. The number of hydrogen-bond donors (Lipinski definition) is 1. The predicted octanol–water partition coefficient (Wildman–Crippen LogP) is 2.87. The van der Waals surface area contributed by atoms with Crippen LogP contribution >= 0.6 is 15.9 Å². The number of nitrogens with one attached hydrogen (secondary N) is 1. The van der Waals surface area contributed by atoms with Gasteiger partial charge in [-0.25, -0.2) is 0 Å². The molecular weight excluding hydrogens is 300 g/mol. The van der Waals surface area contributed by atoms with E-state index in [1.807, 2.05) is 19.9 Å². The number of nitrogens with zero attached hydrogens (tertiary/aromatic N) is 1. The number of rotatable bonds is 6. The van der Waals surface area contributed by atoms with Gasteiger partial charge in [-0.05, 0) is 41.4 Å². The number of nitro benzene ring substituents is 1. The fourth-order valence-corrected chi connectivity index (χ4v) is 1.95. The zero-order valence-electron chi connectivity index (χ0n) is 10.7. The van der Waals surface area contributed by atoms with Crippen molar-refractivity contribution in [1.29, 1.82) is 0 Å². The first-order valence-corrected chi connectivity index (χ1v) is 6.32. The first kappa shape index (κ1) is 15.1. The van der Waals surface area contributed by atoms with Gasteiger partial charge in [-0.15, -0.1) is 0 Å². The third kappa shape index (κ3) is 4.36. The zero-order chi connectivity index (χ0) is 13.8. The highest BCUT2D eigenvalue weighted by molar-refractivity contribution is 9.10. The van der Waals surface area contributed by atoms with E-state index in [0.29, 0.717) is 17.6 Å². The van der Waals surface area contributed by atoms with E-state index in [4.69, 9.17) is 4.74 Å². The molecule has 1 aromatic carbocycles. The molecule has 18 heavy (non-hydrogen) atoms. The second-order valence-corrected chi connectivity index (χ2v) is 5.57. The quantitative estimate of drug-likeness (QED) is 0.647. The molecule has 0 aliphatic rings. The summed E-state index contributed by atoms with van der Waals surface area (Å²) in [4.78, 5) is 10.4. The average Bonchev–Trinajstić information content (AvgIpc) is 2.27. The van der Waals surface area contributed by atoms with Crippen molar-refractivity contribution in [3.63, 3.8) is 0 Å². The molecule has 0 bridgehead atoms. The smallest absolute Gasteiger partial charge is 0.283 e. The van der Waals surface area contributed by atoms with Gasteiger partial charge in [0.05, 0.1) is 16.0 Å². The number of methoxy groups -OCH3 is 1. The summed E-state index contributed by atoms with van der Waals surface area (Å²) in [5.74, 6) is 0. The van der Waals surface area contributed by atoms with E-state index in [9.17, 15) is 10.1 Å². The fourth-order valence-electron chi connectivity index (χ4n) is 1.56. The molecule has 0 amide bonds. The van der Waals surface area contributed by atoms with Crippen molar-refractivity contribution in [3.8, 4) is 0 Å². The highest BCUT2D eigenvalue weighted by Gasteiger charge is 2.17. The van der Waals surface area contributed by atoms with Crippen LogP contribution in [0.25, 0.3) is 0 Å². The van der Waals surface area contributed by atoms with Crippen LogP contribution in [-0.2, 0) is 11.3 Å². The Labute approximate surface area is 115 Å². The maximum atomic E-state index is 10.8. The van der Waals surface area contributed by atoms with Gasteiger partial charge in [0.25, 0.3) is 5.69 Å². The molecule has 0 atom stereocenters. The van der Waals surface area contributed by atoms with E-state index in [0.717, 1.165) is 5.56 Å². The van der Waals surface area contributed by atoms with Gasteiger partial charge < -0.3 is 10.1 Å². The molecule has 0 saturated carbocycles. The summed E-state index contributed by atoms with van der Waals surface area (Å²) in [6.45, 7) is 5.17. The van der Waals surface area contributed by atoms with Crippen molar-refractivity contribution in [2.45, 2.75) is 25.9 Å². The third-order valence-electron chi connectivity index (χ3n) is 2.48. The van der Waals surface area contributed by atoms with Crippen LogP contribution in [0.3, 0.4) is 0 Å². The number of nitro groups is 1. The Balaban J connectivity index is 2.74. The topological polar surface area (TPSA) is 64.4 Å². The molecule has 0 heterocycles. The van der Waals surface area contributed by atoms with Crippen LogP contribution in [0.15, 0.2) is 22.7 Å². The van der Waals surface area contributed by atoms with E-state index in [-0.39, 0.29) is 11.2 Å². The molecule has 0 unspecified atom stereocenters. The number of ether oxygens (including phenoxy) is 1. The van der Waals surface area contributed by atoms with Gasteiger partial charge in [-0.1, -0.05) is 6.07 Å². The Bertz CT molecular complexity index is 435. The maximum absolute atomic E-state index is 10.8. The lowest BCUT2D eigenvalue weighted by Crippen LogP contribution is -2.42. The largest absolute Gasteiger partial charge is 0.383 e. The molecule has 1 rings (SSSR count). The van der Waals surface area contributed by atoms with Gasteiger partial charge in [0.1, 0.15) is 0 Å². The minimum absolute atomic E-state index is 0.0823. The molecule has 0 saturated heterocycles. The van der Waals surface area contributed by atoms with Crippen LogP contribution in [-0.4, -0.2) is 24.2 Å². The SMILES string of the molecule is COCC(C)(C)NCc1ccc(Br)c([N+](=O)[O-])c1. The van der Waals surface area contributed by atoms with Crippen molar-refractivity contribution in [2.75, 3.05) is 13.7 Å². The van der Waals surface area contributed by atoms with Crippen LogP contribution in [0, 0.1) is 10.1 Å². The maximum Gasteiger partial charge on any atom is 0.283 e. The summed E-state index contributed by atoms with van der Waals surface area (Å²) in [6.07, 6.45) is 0. The molecule has 0 fully saturated rings. The summed E-state index contributed by atoms with van der Waals surface area (Å²) in [6, 6.07) is 5.12. The normalized spacial score (nSPS) is 11.6. The fraction of sp³-hybridized carbons (Fsp3) is 0.500. The van der Waals surface area contributed by atoms with Crippen molar-refractivity contribution >= 4 is 21.6 Å². The highest BCUT2D eigenvalue weighted by atomic mass is 79.9. The van der Waals surface area contributed by atoms with E-state index in [2.05, 4.69) is 21.2 Å². The van der Waals surface area contributed by atoms with Crippen molar-refractivity contribution < 1.29 is 9.66 Å². The Morgan fingerprint density at radius 1 is 1.50 bits per heavy atom. The van der Waals surface area contributed by atoms with Crippen LogP contribution < -0.4 is 5.32 Å². The Morgan fingerprint density at radius 3 is 2.72 bits per heavy atom. The average molecular weight is 317 g/mol. The summed E-state index contributed by atoms with van der Waals surface area (Å²) < 4.78 is 5.59. The number of benzene rings is 1. The molecule has 6 heteroatoms. The van der Waals surface area contributed by atoms with E-state index < -0.39 is 4.92 Å². The van der Waals surface area contributed by atoms with Gasteiger partial charge in [0.15, 0.2) is 0 Å². The van der Waals surface area contributed by atoms with Crippen LogP contribution in [0.5, 0.6) is 0 Å². The number of halogens is 1. The predicted molar refractivity (Wildman–Crippen MR) is 73.6 cm³/mol. The van der Waals surface area contributed by atoms with Gasteiger partial charge >= 0.3 is 0 Å². The van der Waals surface area contributed by atoms with Crippen LogP contribution in [0.4, 0.5) is 5.69 Å². The Kier molecular flexibility index (Phi) is 5.25. The molecule has 1 aromatic rings. The molecule has 0 spiro atoms. The Hall–Kier alpha value is -0.980. The Morgan fingerprint density at radius 2 is 2.17 bits per heavy atom. The minimum Gasteiger partial charge on any atom is -0.383 e. The summed E-state index contributed by atoms with van der Waals surface area (Å²) >= 11 is 3.16. The first-order valence-electron chi connectivity index (χ1n) is 5.52. The minimum atomic E-state index is -0.395. The standard InChI is InChI=1S/C12H17BrN2O3/c1-12(2,8-18-3)14-7-9-4-5-10(13)11(6-9)15(16)17/h4-6,14H,7-8H2,1-3H3. The summed E-state index contributed by atoms with van der Waals surface area (Å²) in [7, 11) is 1.65. The van der Waals surface area contributed by atoms with E-state index in [1.54, 1.807) is 19.2 Å². The molecule has 100 valence electrons. The van der Waals surface area contributed by atoms with Crippen LogP contribution in [0.1, 0.15) is 19.4 Å². The zero-order valence-corrected chi connectivity index (χ0v) is 12.3. The lowest BCUT2D eigenvalue weighted by atomic mass is 10.1. The molecule has 0 aliphatic heterocycles. The van der Waals surface area contributed by atoms with Crippen molar-refractivity contribution in [3.05, 3.63) is 38.3 Å². The first-order chi connectivity index (χ1) is 8.35. The molecule has 0 aliphatic carbocycles. The molecular formula is C12H17BrN2O3. The van der Waals surface area contributed by atoms with Gasteiger partial charge in [0.2, 0.25) is 0 Å². The number of hydrogen-bond acceptors (Lipinski definition) is 4. The van der Waals surface area contributed by atoms with E-state index >= 15 is 0 Å². The molecule has 5 nitrogen and oxygen atoms in total. The van der Waals surface area contributed by atoms with Crippen LogP contribution in [0.2, 0.25) is 0 Å². The van der Waals surface area contributed by atoms with Gasteiger partial charge in [-0.2, -0.15) is 0 Å². The van der Waals surface area contributed by atoms with Crippen molar-refractivity contribution in [1.82, 2.24) is 5.32 Å². The summed E-state index contributed by atoms with van der Waals surface area (Å²) in [5.41, 5.74) is 0.782. The van der Waals surface area contributed by atoms with Crippen molar-refractivity contribution in [2.24, 2.45) is 0 Å². The molecule has 1 N–H and O–H groups in total. The monoisotopic (exact) mass is 316 g/mol. The molecule has 0 radical (unpaired) electrons. The molecule has 0 aromatic heterocycles.